The second-order valence-electron chi connectivity index (χ2n) is 9.99. The summed E-state index contributed by atoms with van der Waals surface area (Å²) < 4.78 is 0. The first-order valence-corrected chi connectivity index (χ1v) is 14.2. The number of fused-ring (bicyclic) bond motifs is 1. The highest BCUT2D eigenvalue weighted by Gasteiger charge is 2.32. The zero-order valence-corrected chi connectivity index (χ0v) is 23.5. The van der Waals surface area contributed by atoms with Crippen LogP contribution in [0.25, 0.3) is 11.1 Å². The molecule has 8 heteroatoms. The zero-order valence-electron chi connectivity index (χ0n) is 21.2. The molecule has 0 spiro atoms. The average molecular weight is 578 g/mol. The highest BCUT2D eigenvalue weighted by Crippen LogP contribution is 2.45. The van der Waals surface area contributed by atoms with Crippen molar-refractivity contribution >= 4 is 52.2 Å². The number of amides is 2. The Morgan fingerprint density at radius 2 is 1.56 bits per heavy atom. The number of halogens is 3. The topological polar surface area (TPSA) is 48.5 Å². The second kappa shape index (κ2) is 11.2. The molecule has 2 amide bonds. The van der Waals surface area contributed by atoms with Gasteiger partial charge in [0.2, 0.25) is 0 Å². The van der Waals surface area contributed by atoms with Gasteiger partial charge in [0.05, 0.1) is 21.4 Å². The molecule has 0 saturated carbocycles. The molecule has 5 nitrogen and oxygen atoms in total. The summed E-state index contributed by atoms with van der Waals surface area (Å²) in [6.07, 6.45) is 3.99. The molecular formula is C31H27Cl3N4O. The monoisotopic (exact) mass is 576 g/mol. The molecule has 0 aliphatic carbocycles. The van der Waals surface area contributed by atoms with Gasteiger partial charge in [-0.15, -0.1) is 0 Å². The number of anilines is 2. The minimum atomic E-state index is -0.268. The molecule has 2 aliphatic heterocycles. The SMILES string of the molecule is O=C1NCc2c(-c3ccccc3Cl)cc(CN3CCC(c4ccccn4)CC3)cc2N1c1c(Cl)cccc1Cl. The highest BCUT2D eigenvalue weighted by molar-refractivity contribution is 6.40. The van der Waals surface area contributed by atoms with Crippen LogP contribution in [0.4, 0.5) is 16.2 Å². The lowest BCUT2D eigenvalue weighted by atomic mass is 9.91. The van der Waals surface area contributed by atoms with Crippen LogP contribution in [0, 0.1) is 0 Å². The Morgan fingerprint density at radius 3 is 2.28 bits per heavy atom. The van der Waals surface area contributed by atoms with E-state index in [-0.39, 0.29) is 6.03 Å². The number of aromatic nitrogens is 1. The number of nitrogens with one attached hydrogen (secondary N) is 1. The number of benzene rings is 3. The van der Waals surface area contributed by atoms with Gasteiger partial charge in [0.15, 0.2) is 0 Å². The summed E-state index contributed by atoms with van der Waals surface area (Å²) in [4.78, 5) is 21.9. The zero-order chi connectivity index (χ0) is 26.9. The number of pyridine rings is 1. The van der Waals surface area contributed by atoms with Crippen molar-refractivity contribution in [3.63, 3.8) is 0 Å². The molecule has 0 unspecified atom stereocenters. The summed E-state index contributed by atoms with van der Waals surface area (Å²) in [5.41, 5.74) is 6.39. The third-order valence-corrected chi connectivity index (χ3v) is 8.51. The molecule has 198 valence electrons. The van der Waals surface area contributed by atoms with E-state index in [4.69, 9.17) is 34.8 Å². The predicted molar refractivity (Wildman–Crippen MR) is 159 cm³/mol. The van der Waals surface area contributed by atoms with Crippen LogP contribution >= 0.6 is 34.8 Å². The maximum Gasteiger partial charge on any atom is 0.326 e. The van der Waals surface area contributed by atoms with E-state index in [0.717, 1.165) is 60.4 Å². The lowest BCUT2D eigenvalue weighted by Crippen LogP contribution is -2.42. The van der Waals surface area contributed by atoms with Crippen molar-refractivity contribution in [1.82, 2.24) is 15.2 Å². The molecule has 0 atom stereocenters. The van der Waals surface area contributed by atoms with Crippen molar-refractivity contribution in [2.24, 2.45) is 0 Å². The van der Waals surface area contributed by atoms with E-state index in [9.17, 15) is 4.79 Å². The molecule has 0 radical (unpaired) electrons. The molecule has 2 aliphatic rings. The molecule has 6 rings (SSSR count). The fourth-order valence-corrected chi connectivity index (χ4v) is 6.46. The Hall–Kier alpha value is -3.09. The predicted octanol–water partition coefficient (Wildman–Crippen LogP) is 8.45. The number of para-hydroxylation sites is 1. The third kappa shape index (κ3) is 5.24. The maximum absolute atomic E-state index is 13.3. The number of hydrogen-bond acceptors (Lipinski definition) is 3. The van der Waals surface area contributed by atoms with Crippen LogP contribution in [-0.4, -0.2) is 29.0 Å². The molecule has 3 aromatic carbocycles. The first kappa shape index (κ1) is 26.1. The van der Waals surface area contributed by atoms with E-state index in [1.807, 2.05) is 36.5 Å². The van der Waals surface area contributed by atoms with Crippen LogP contribution < -0.4 is 10.2 Å². The maximum atomic E-state index is 13.3. The van der Waals surface area contributed by atoms with Crippen LogP contribution in [0.2, 0.25) is 15.1 Å². The van der Waals surface area contributed by atoms with Gasteiger partial charge in [-0.1, -0.05) is 65.1 Å². The van der Waals surface area contributed by atoms with Crippen molar-refractivity contribution in [3.05, 3.63) is 111 Å². The molecule has 4 aromatic rings. The molecule has 1 aromatic heterocycles. The Bertz CT molecular complexity index is 1500. The number of carbonyl (C=O) groups is 1. The molecule has 1 N–H and O–H groups in total. The molecule has 39 heavy (non-hydrogen) atoms. The van der Waals surface area contributed by atoms with Gasteiger partial charge in [0.1, 0.15) is 0 Å². The Kier molecular flexibility index (Phi) is 7.50. The first-order valence-electron chi connectivity index (χ1n) is 13.1. The second-order valence-corrected chi connectivity index (χ2v) is 11.2. The van der Waals surface area contributed by atoms with Gasteiger partial charge >= 0.3 is 6.03 Å². The van der Waals surface area contributed by atoms with Crippen molar-refractivity contribution in [2.45, 2.75) is 31.8 Å². The summed E-state index contributed by atoms with van der Waals surface area (Å²) in [6, 6.07) is 23.3. The average Bonchev–Trinajstić information content (AvgIpc) is 2.95. The molecule has 1 fully saturated rings. The number of nitrogens with zero attached hydrogens (tertiary/aromatic N) is 3. The lowest BCUT2D eigenvalue weighted by Gasteiger charge is -2.35. The van der Waals surface area contributed by atoms with E-state index >= 15 is 0 Å². The van der Waals surface area contributed by atoms with E-state index in [2.05, 4.69) is 39.5 Å². The van der Waals surface area contributed by atoms with Crippen LogP contribution in [0.15, 0.2) is 79.0 Å². The van der Waals surface area contributed by atoms with E-state index in [1.165, 1.54) is 5.69 Å². The van der Waals surface area contributed by atoms with Gasteiger partial charge in [-0.2, -0.15) is 0 Å². The molecule has 3 heterocycles. The van der Waals surface area contributed by atoms with Crippen LogP contribution in [0.3, 0.4) is 0 Å². The van der Waals surface area contributed by atoms with Crippen molar-refractivity contribution < 1.29 is 4.79 Å². The number of piperidine rings is 1. The fraction of sp³-hybridized carbons (Fsp3) is 0.226. The van der Waals surface area contributed by atoms with Gasteiger partial charge in [0.25, 0.3) is 0 Å². The van der Waals surface area contributed by atoms with Crippen LogP contribution in [0.5, 0.6) is 0 Å². The van der Waals surface area contributed by atoms with Gasteiger partial charge in [-0.3, -0.25) is 14.8 Å². The van der Waals surface area contributed by atoms with Crippen molar-refractivity contribution in [3.8, 4) is 11.1 Å². The number of urea groups is 1. The van der Waals surface area contributed by atoms with Gasteiger partial charge in [-0.05, 0) is 79.5 Å². The van der Waals surface area contributed by atoms with E-state index < -0.39 is 0 Å². The van der Waals surface area contributed by atoms with Crippen LogP contribution in [0.1, 0.15) is 35.6 Å². The molecule has 1 saturated heterocycles. The summed E-state index contributed by atoms with van der Waals surface area (Å²) >= 11 is 19.9. The number of hydrogen-bond donors (Lipinski definition) is 1. The summed E-state index contributed by atoms with van der Waals surface area (Å²) in [5, 5.41) is 4.48. The minimum absolute atomic E-state index is 0.268. The Labute approximate surface area is 243 Å². The van der Waals surface area contributed by atoms with Gasteiger partial charge in [-0.25, -0.2) is 4.79 Å². The number of likely N-dealkylation sites (tertiary alicyclic amines) is 1. The molecular weight excluding hydrogens is 551 g/mol. The highest BCUT2D eigenvalue weighted by atomic mass is 35.5. The standard InChI is InChI=1S/C31H27Cl3N4O/c32-25-7-2-1-6-22(25)23-16-20(19-37-14-11-21(12-15-37)28-10-3-4-13-35-28)17-29-24(23)18-36-31(39)38(29)30-26(33)8-5-9-27(30)34/h1-10,13,16-17,21H,11-12,14-15,18-19H2,(H,36,39). The summed E-state index contributed by atoms with van der Waals surface area (Å²) in [5.74, 6) is 0.478. The quantitative estimate of drug-likeness (QED) is 0.259. The lowest BCUT2D eigenvalue weighted by molar-refractivity contribution is 0.203. The largest absolute Gasteiger partial charge is 0.333 e. The van der Waals surface area contributed by atoms with E-state index in [0.29, 0.717) is 33.2 Å². The van der Waals surface area contributed by atoms with Crippen LogP contribution in [-0.2, 0) is 13.1 Å². The van der Waals surface area contributed by atoms with Gasteiger partial charge in [0, 0.05) is 47.0 Å². The minimum Gasteiger partial charge on any atom is -0.333 e. The number of carbonyl (C=O) groups excluding carboxylic acids is 1. The molecule has 0 bridgehead atoms. The van der Waals surface area contributed by atoms with Crippen molar-refractivity contribution in [1.29, 1.82) is 0 Å². The fourth-order valence-electron chi connectivity index (χ4n) is 5.65. The van der Waals surface area contributed by atoms with Gasteiger partial charge < -0.3 is 5.32 Å². The number of rotatable bonds is 5. The summed E-state index contributed by atoms with van der Waals surface area (Å²) in [6.45, 7) is 3.08. The normalized spacial score (nSPS) is 16.2. The first-order chi connectivity index (χ1) is 19.0. The van der Waals surface area contributed by atoms with Crippen molar-refractivity contribution in [2.75, 3.05) is 18.0 Å². The Morgan fingerprint density at radius 1 is 0.846 bits per heavy atom. The smallest absolute Gasteiger partial charge is 0.326 e. The van der Waals surface area contributed by atoms with E-state index in [1.54, 1.807) is 23.1 Å². The Balaban J connectivity index is 1.39. The third-order valence-electron chi connectivity index (χ3n) is 7.57. The summed E-state index contributed by atoms with van der Waals surface area (Å²) in [7, 11) is 0.